The average molecular weight is 309 g/mol. The molecule has 0 spiro atoms. The first-order valence-corrected chi connectivity index (χ1v) is 7.09. The first kappa shape index (κ1) is 14.8. The number of hydrogen-bond acceptors (Lipinski definition) is 5. The van der Waals surface area contributed by atoms with Crippen molar-refractivity contribution in [1.29, 1.82) is 0 Å². The molecule has 116 valence electrons. The van der Waals surface area contributed by atoms with Crippen molar-refractivity contribution in [1.82, 2.24) is 19.5 Å². The minimum atomic E-state index is -0.216. The fourth-order valence-corrected chi connectivity index (χ4v) is 2.38. The molecule has 7 nitrogen and oxygen atoms in total. The van der Waals surface area contributed by atoms with E-state index >= 15 is 0 Å². The summed E-state index contributed by atoms with van der Waals surface area (Å²) in [4.78, 5) is 37.8. The third kappa shape index (κ3) is 2.80. The van der Waals surface area contributed by atoms with E-state index in [0.29, 0.717) is 23.5 Å². The number of hydrogen-bond donors (Lipinski definition) is 0. The van der Waals surface area contributed by atoms with Crippen molar-refractivity contribution in [3.63, 3.8) is 0 Å². The Balaban J connectivity index is 2.13. The lowest BCUT2D eigenvalue weighted by atomic mass is 10.2. The second-order valence-electron chi connectivity index (χ2n) is 5.09. The first-order chi connectivity index (χ1) is 11.1. The molecule has 3 aromatic rings. The Bertz CT molecular complexity index is 873. The van der Waals surface area contributed by atoms with Gasteiger partial charge in [-0.2, -0.15) is 0 Å². The molecule has 1 amide bonds. The molecule has 0 saturated carbocycles. The molecule has 1 aromatic carbocycles. The van der Waals surface area contributed by atoms with E-state index in [1.807, 2.05) is 30.3 Å². The number of nitrogens with zero attached hydrogens (tertiary/aromatic N) is 5. The van der Waals surface area contributed by atoms with Gasteiger partial charge in [0.05, 0.1) is 6.54 Å². The van der Waals surface area contributed by atoms with E-state index in [0.717, 1.165) is 5.56 Å². The zero-order valence-corrected chi connectivity index (χ0v) is 12.8. The van der Waals surface area contributed by atoms with Crippen LogP contribution in [0.3, 0.4) is 0 Å². The molecule has 0 bridgehead atoms. The molecule has 0 fully saturated rings. The highest BCUT2D eigenvalue weighted by Gasteiger charge is 2.21. The zero-order valence-electron chi connectivity index (χ0n) is 12.8. The van der Waals surface area contributed by atoms with Crippen molar-refractivity contribution >= 4 is 28.8 Å². The number of aromatic nitrogens is 4. The summed E-state index contributed by atoms with van der Waals surface area (Å²) in [7, 11) is 0. The molecule has 0 saturated heterocycles. The molecule has 2 aromatic heterocycles. The standard InChI is InChI=1S/C16H15N5O2/c1-11(22)20(8-13-6-4-3-5-7-13)16-14-15(17-9-18-16)19-10-21(14)12(2)23/h3-7,9-10H,8H2,1-2H3. The van der Waals surface area contributed by atoms with E-state index in [2.05, 4.69) is 15.0 Å². The van der Waals surface area contributed by atoms with E-state index < -0.39 is 0 Å². The third-order valence-electron chi connectivity index (χ3n) is 3.48. The summed E-state index contributed by atoms with van der Waals surface area (Å²) >= 11 is 0. The van der Waals surface area contributed by atoms with Gasteiger partial charge in [0.1, 0.15) is 18.2 Å². The monoisotopic (exact) mass is 309 g/mol. The zero-order chi connectivity index (χ0) is 16.4. The molecule has 0 aliphatic heterocycles. The molecule has 0 radical (unpaired) electrons. The minimum absolute atomic E-state index is 0.176. The van der Waals surface area contributed by atoms with E-state index in [1.165, 1.54) is 36.0 Å². The smallest absolute Gasteiger partial charge is 0.229 e. The Morgan fingerprint density at radius 2 is 1.83 bits per heavy atom. The maximum absolute atomic E-state index is 12.1. The molecule has 0 N–H and O–H groups in total. The number of carbonyl (C=O) groups is 2. The van der Waals surface area contributed by atoms with Crippen LogP contribution in [-0.2, 0) is 11.3 Å². The SMILES string of the molecule is CC(=O)N(Cc1ccccc1)c1ncnc2ncn(C(C)=O)c12. The van der Waals surface area contributed by atoms with Gasteiger partial charge in [0.2, 0.25) is 11.8 Å². The van der Waals surface area contributed by atoms with E-state index in [4.69, 9.17) is 0 Å². The van der Waals surface area contributed by atoms with Crippen molar-refractivity contribution in [3.8, 4) is 0 Å². The van der Waals surface area contributed by atoms with Crippen molar-refractivity contribution in [3.05, 3.63) is 48.5 Å². The van der Waals surface area contributed by atoms with Crippen LogP contribution in [0.2, 0.25) is 0 Å². The van der Waals surface area contributed by atoms with Crippen molar-refractivity contribution in [2.45, 2.75) is 20.4 Å². The summed E-state index contributed by atoms with van der Waals surface area (Å²) < 4.78 is 1.35. The number of rotatable bonds is 3. The number of carbonyl (C=O) groups excluding carboxylic acids is 2. The van der Waals surface area contributed by atoms with E-state index in [-0.39, 0.29) is 11.8 Å². The highest BCUT2D eigenvalue weighted by molar-refractivity contribution is 6.00. The Morgan fingerprint density at radius 1 is 1.09 bits per heavy atom. The van der Waals surface area contributed by atoms with Gasteiger partial charge in [-0.25, -0.2) is 15.0 Å². The van der Waals surface area contributed by atoms with Crippen LogP contribution < -0.4 is 4.90 Å². The largest absolute Gasteiger partial charge is 0.291 e. The Labute approximate surface area is 132 Å². The number of fused-ring (bicyclic) bond motifs is 1. The summed E-state index contributed by atoms with van der Waals surface area (Å²) in [6.07, 6.45) is 2.74. The first-order valence-electron chi connectivity index (χ1n) is 7.09. The van der Waals surface area contributed by atoms with Crippen LogP contribution in [0.1, 0.15) is 24.2 Å². The molecule has 3 rings (SSSR count). The minimum Gasteiger partial charge on any atom is -0.291 e. The van der Waals surface area contributed by atoms with Gasteiger partial charge >= 0.3 is 0 Å². The second-order valence-corrected chi connectivity index (χ2v) is 5.09. The lowest BCUT2D eigenvalue weighted by Crippen LogP contribution is -2.29. The lowest BCUT2D eigenvalue weighted by Gasteiger charge is -2.21. The lowest BCUT2D eigenvalue weighted by molar-refractivity contribution is -0.116. The summed E-state index contributed by atoms with van der Waals surface area (Å²) in [6.45, 7) is 3.24. The van der Waals surface area contributed by atoms with Crippen LogP contribution in [-0.4, -0.2) is 31.3 Å². The van der Waals surface area contributed by atoms with E-state index in [9.17, 15) is 9.59 Å². The molecular formula is C16H15N5O2. The van der Waals surface area contributed by atoms with Crippen LogP contribution in [0.25, 0.3) is 11.2 Å². The molecule has 7 heteroatoms. The summed E-state index contributed by atoms with van der Waals surface area (Å²) in [5.41, 5.74) is 1.78. The van der Waals surface area contributed by atoms with Gasteiger partial charge in [-0.3, -0.25) is 19.1 Å². The van der Waals surface area contributed by atoms with Crippen LogP contribution >= 0.6 is 0 Å². The molecule has 0 atom stereocenters. The predicted octanol–water partition coefficient (Wildman–Crippen LogP) is 2.04. The molecule has 2 heterocycles. The highest BCUT2D eigenvalue weighted by atomic mass is 16.2. The predicted molar refractivity (Wildman–Crippen MR) is 84.9 cm³/mol. The Kier molecular flexibility index (Phi) is 3.84. The highest BCUT2D eigenvalue weighted by Crippen LogP contribution is 2.24. The number of imidazole rings is 1. The van der Waals surface area contributed by atoms with Crippen molar-refractivity contribution in [2.24, 2.45) is 0 Å². The molecule has 0 aliphatic rings. The van der Waals surface area contributed by atoms with Gasteiger partial charge in [-0.05, 0) is 5.56 Å². The second kappa shape index (κ2) is 5.96. The van der Waals surface area contributed by atoms with Crippen LogP contribution in [0, 0.1) is 0 Å². The van der Waals surface area contributed by atoms with Crippen molar-refractivity contribution in [2.75, 3.05) is 4.90 Å². The quantitative estimate of drug-likeness (QED) is 0.739. The van der Waals surface area contributed by atoms with Gasteiger partial charge in [0, 0.05) is 13.8 Å². The number of anilines is 1. The Hall–Kier alpha value is -3.09. The van der Waals surface area contributed by atoms with Crippen LogP contribution in [0.5, 0.6) is 0 Å². The normalized spacial score (nSPS) is 10.7. The van der Waals surface area contributed by atoms with Crippen LogP contribution in [0.4, 0.5) is 5.82 Å². The molecule has 23 heavy (non-hydrogen) atoms. The summed E-state index contributed by atoms with van der Waals surface area (Å²) in [5, 5.41) is 0. The maximum Gasteiger partial charge on any atom is 0.229 e. The van der Waals surface area contributed by atoms with Crippen molar-refractivity contribution < 1.29 is 9.59 Å². The van der Waals surface area contributed by atoms with E-state index in [1.54, 1.807) is 0 Å². The topological polar surface area (TPSA) is 81.0 Å². The van der Waals surface area contributed by atoms with Crippen LogP contribution in [0.15, 0.2) is 43.0 Å². The number of amides is 1. The molecular weight excluding hydrogens is 294 g/mol. The fraction of sp³-hybridized carbons (Fsp3) is 0.188. The maximum atomic E-state index is 12.1. The summed E-state index contributed by atoms with van der Waals surface area (Å²) in [6, 6.07) is 9.58. The third-order valence-corrected chi connectivity index (χ3v) is 3.48. The van der Waals surface area contributed by atoms with Gasteiger partial charge in [0.25, 0.3) is 0 Å². The Morgan fingerprint density at radius 3 is 2.48 bits per heavy atom. The van der Waals surface area contributed by atoms with Gasteiger partial charge in [-0.1, -0.05) is 30.3 Å². The summed E-state index contributed by atoms with van der Waals surface area (Å²) in [5.74, 6) is -0.0176. The van der Waals surface area contributed by atoms with Gasteiger partial charge < -0.3 is 0 Å². The molecule has 0 aliphatic carbocycles. The molecule has 0 unspecified atom stereocenters. The van der Waals surface area contributed by atoms with Gasteiger partial charge in [0.15, 0.2) is 11.5 Å². The fourth-order valence-electron chi connectivity index (χ4n) is 2.38. The average Bonchev–Trinajstić information content (AvgIpc) is 2.98. The van der Waals surface area contributed by atoms with Gasteiger partial charge in [-0.15, -0.1) is 0 Å². The number of benzene rings is 1.